The van der Waals surface area contributed by atoms with E-state index in [9.17, 15) is 0 Å². The average Bonchev–Trinajstić information content (AvgIpc) is 3.48. The lowest BCUT2D eigenvalue weighted by molar-refractivity contribution is 0.130. The van der Waals surface area contributed by atoms with Crippen LogP contribution in [-0.4, -0.2) is 56.7 Å². The van der Waals surface area contributed by atoms with Gasteiger partial charge in [-0.05, 0) is 43.5 Å². The first-order chi connectivity index (χ1) is 14.7. The zero-order chi connectivity index (χ0) is 20.2. The van der Waals surface area contributed by atoms with Crippen LogP contribution in [0.4, 0.5) is 0 Å². The predicted molar refractivity (Wildman–Crippen MR) is 115 cm³/mol. The first-order valence-corrected chi connectivity index (χ1v) is 10.5. The molecule has 1 aromatic carbocycles. The third kappa shape index (κ3) is 2.65. The predicted octanol–water partition coefficient (Wildman–Crippen LogP) is 3.27. The van der Waals surface area contributed by atoms with Crippen molar-refractivity contribution in [1.82, 2.24) is 29.4 Å². The van der Waals surface area contributed by atoms with E-state index in [1.165, 1.54) is 17.5 Å². The molecule has 4 aromatic rings. The van der Waals surface area contributed by atoms with Crippen LogP contribution in [0.3, 0.4) is 0 Å². The van der Waals surface area contributed by atoms with Gasteiger partial charge in [0, 0.05) is 30.9 Å². The summed E-state index contributed by atoms with van der Waals surface area (Å²) in [5.74, 6) is 0.732. The fourth-order valence-corrected chi connectivity index (χ4v) is 4.76. The zero-order valence-electron chi connectivity index (χ0n) is 17.2. The van der Waals surface area contributed by atoms with E-state index in [1.54, 1.807) is 13.3 Å². The molecule has 0 unspecified atom stereocenters. The molecule has 0 amide bonds. The Kier molecular flexibility index (Phi) is 3.92. The molecule has 152 valence electrons. The van der Waals surface area contributed by atoms with Gasteiger partial charge in [-0.3, -0.25) is 4.68 Å². The summed E-state index contributed by atoms with van der Waals surface area (Å²) in [5.41, 5.74) is 7.66. The molecule has 0 N–H and O–H groups in total. The van der Waals surface area contributed by atoms with E-state index in [1.807, 2.05) is 16.9 Å². The van der Waals surface area contributed by atoms with Crippen LogP contribution in [0.5, 0.6) is 5.75 Å². The number of ether oxygens (including phenoxy) is 1. The molecule has 2 aliphatic rings. The van der Waals surface area contributed by atoms with Crippen molar-refractivity contribution in [1.29, 1.82) is 0 Å². The lowest BCUT2D eigenvalue weighted by Gasteiger charge is -2.36. The van der Waals surface area contributed by atoms with Crippen LogP contribution in [0.15, 0.2) is 42.9 Å². The SMILES string of the molecule is COc1cnc2c(-c3cnn(C4CN(C)C4)c3)nn(-c3cccc4c3CCC4)c2c1. The molecule has 0 bridgehead atoms. The van der Waals surface area contributed by atoms with Crippen LogP contribution in [0.25, 0.3) is 28.0 Å². The molecule has 0 atom stereocenters. The third-order valence-electron chi connectivity index (χ3n) is 6.37. The monoisotopic (exact) mass is 400 g/mol. The van der Waals surface area contributed by atoms with E-state index in [4.69, 9.17) is 14.8 Å². The molecule has 6 rings (SSSR count). The number of likely N-dealkylation sites (N-methyl/N-ethyl adjacent to an activating group) is 1. The molecular weight excluding hydrogens is 376 g/mol. The van der Waals surface area contributed by atoms with Gasteiger partial charge in [0.05, 0.1) is 36.7 Å². The van der Waals surface area contributed by atoms with Crippen LogP contribution in [0.2, 0.25) is 0 Å². The zero-order valence-corrected chi connectivity index (χ0v) is 17.2. The van der Waals surface area contributed by atoms with Gasteiger partial charge in [-0.1, -0.05) is 12.1 Å². The second-order valence-electron chi connectivity index (χ2n) is 8.36. The smallest absolute Gasteiger partial charge is 0.139 e. The lowest BCUT2D eigenvalue weighted by atomic mass is 10.1. The first kappa shape index (κ1) is 17.7. The summed E-state index contributed by atoms with van der Waals surface area (Å²) in [6, 6.07) is 8.98. The highest BCUT2D eigenvalue weighted by Gasteiger charge is 2.27. The van der Waals surface area contributed by atoms with Crippen molar-refractivity contribution in [2.45, 2.75) is 25.3 Å². The molecule has 1 aliphatic carbocycles. The van der Waals surface area contributed by atoms with Gasteiger partial charge in [0.25, 0.3) is 0 Å². The minimum Gasteiger partial charge on any atom is -0.495 e. The summed E-state index contributed by atoms with van der Waals surface area (Å²) in [4.78, 5) is 7.01. The Morgan fingerprint density at radius 3 is 2.87 bits per heavy atom. The first-order valence-electron chi connectivity index (χ1n) is 10.5. The summed E-state index contributed by atoms with van der Waals surface area (Å²) >= 11 is 0. The second-order valence-corrected chi connectivity index (χ2v) is 8.36. The van der Waals surface area contributed by atoms with Crippen LogP contribution in [0.1, 0.15) is 23.6 Å². The summed E-state index contributed by atoms with van der Waals surface area (Å²) in [6.45, 7) is 2.06. The van der Waals surface area contributed by atoms with Crippen molar-refractivity contribution < 1.29 is 4.74 Å². The van der Waals surface area contributed by atoms with Crippen molar-refractivity contribution in [2.75, 3.05) is 27.2 Å². The highest BCUT2D eigenvalue weighted by molar-refractivity contribution is 5.91. The maximum Gasteiger partial charge on any atom is 0.139 e. The number of pyridine rings is 1. The molecule has 3 aromatic heterocycles. The Morgan fingerprint density at radius 1 is 1.13 bits per heavy atom. The van der Waals surface area contributed by atoms with Crippen molar-refractivity contribution in [3.05, 3.63) is 54.0 Å². The number of nitrogens with zero attached hydrogens (tertiary/aromatic N) is 6. The Bertz CT molecular complexity index is 1250. The standard InChI is InChI=1S/C23H24N6O/c1-27-13-17(14-27)28-12-16(10-25-28)22-23-21(9-18(30-2)11-24-23)29(26-22)20-8-4-6-15-5-3-7-19(15)20/h4,6,8-12,17H,3,5,7,13-14H2,1-2H3. The molecule has 1 saturated heterocycles. The number of likely N-dealkylation sites (tertiary alicyclic amines) is 1. The topological polar surface area (TPSA) is 61.0 Å². The number of benzene rings is 1. The van der Waals surface area contributed by atoms with Crippen molar-refractivity contribution in [3.63, 3.8) is 0 Å². The van der Waals surface area contributed by atoms with Gasteiger partial charge >= 0.3 is 0 Å². The van der Waals surface area contributed by atoms with E-state index in [0.717, 1.165) is 59.7 Å². The Balaban J connectivity index is 1.52. The van der Waals surface area contributed by atoms with E-state index >= 15 is 0 Å². The second kappa shape index (κ2) is 6.67. The van der Waals surface area contributed by atoms with Gasteiger partial charge in [-0.15, -0.1) is 0 Å². The largest absolute Gasteiger partial charge is 0.495 e. The summed E-state index contributed by atoms with van der Waals surface area (Å²) in [6.07, 6.45) is 9.20. The molecular formula is C23H24N6O. The number of hydrogen-bond acceptors (Lipinski definition) is 5. The van der Waals surface area contributed by atoms with Gasteiger partial charge < -0.3 is 9.64 Å². The van der Waals surface area contributed by atoms with Crippen molar-refractivity contribution >= 4 is 11.0 Å². The lowest BCUT2D eigenvalue weighted by Crippen LogP contribution is -2.45. The number of aromatic nitrogens is 5. The van der Waals surface area contributed by atoms with Crippen LogP contribution in [0, 0.1) is 0 Å². The summed E-state index contributed by atoms with van der Waals surface area (Å²) < 4.78 is 9.56. The maximum atomic E-state index is 5.46. The van der Waals surface area contributed by atoms with Crippen LogP contribution < -0.4 is 4.74 Å². The van der Waals surface area contributed by atoms with Gasteiger partial charge in [0.2, 0.25) is 0 Å². The highest BCUT2D eigenvalue weighted by atomic mass is 16.5. The average molecular weight is 400 g/mol. The molecule has 0 radical (unpaired) electrons. The molecule has 7 heteroatoms. The number of rotatable bonds is 4. The Hall–Kier alpha value is -3.19. The fourth-order valence-electron chi connectivity index (χ4n) is 4.76. The van der Waals surface area contributed by atoms with Gasteiger partial charge in [-0.2, -0.15) is 10.2 Å². The normalized spacial score (nSPS) is 16.7. The minimum absolute atomic E-state index is 0.433. The molecule has 0 saturated carbocycles. The van der Waals surface area contributed by atoms with E-state index < -0.39 is 0 Å². The Morgan fingerprint density at radius 2 is 2.03 bits per heavy atom. The third-order valence-corrected chi connectivity index (χ3v) is 6.37. The molecule has 1 aliphatic heterocycles. The highest BCUT2D eigenvalue weighted by Crippen LogP contribution is 2.34. The maximum absolute atomic E-state index is 5.46. The Labute approximate surface area is 174 Å². The molecule has 1 fully saturated rings. The quantitative estimate of drug-likeness (QED) is 0.526. The van der Waals surface area contributed by atoms with Crippen molar-refractivity contribution in [3.8, 4) is 22.7 Å². The molecule has 7 nitrogen and oxygen atoms in total. The van der Waals surface area contributed by atoms with Gasteiger partial charge in [0.15, 0.2) is 0 Å². The molecule has 30 heavy (non-hydrogen) atoms. The van der Waals surface area contributed by atoms with Crippen molar-refractivity contribution in [2.24, 2.45) is 0 Å². The number of fused-ring (bicyclic) bond motifs is 2. The molecule has 4 heterocycles. The summed E-state index contributed by atoms with van der Waals surface area (Å²) in [5, 5.41) is 9.67. The number of hydrogen-bond donors (Lipinski definition) is 0. The fraction of sp³-hybridized carbons (Fsp3) is 0.348. The van der Waals surface area contributed by atoms with Crippen LogP contribution in [-0.2, 0) is 12.8 Å². The van der Waals surface area contributed by atoms with Gasteiger partial charge in [-0.25, -0.2) is 9.67 Å². The minimum atomic E-state index is 0.433. The van der Waals surface area contributed by atoms with Crippen LogP contribution >= 0.6 is 0 Å². The molecule has 0 spiro atoms. The van der Waals surface area contributed by atoms with Gasteiger partial charge in [0.1, 0.15) is 17.0 Å². The van der Waals surface area contributed by atoms with E-state index in [2.05, 4.69) is 46.1 Å². The summed E-state index contributed by atoms with van der Waals surface area (Å²) in [7, 11) is 3.80. The number of methoxy groups -OCH3 is 1. The number of aryl methyl sites for hydroxylation is 1. The van der Waals surface area contributed by atoms with E-state index in [0.29, 0.717) is 6.04 Å². The van der Waals surface area contributed by atoms with E-state index in [-0.39, 0.29) is 0 Å².